The summed E-state index contributed by atoms with van der Waals surface area (Å²) in [7, 11) is 0. The number of carbonyl (C=O) groups excluding carboxylic acids is 5. The van der Waals surface area contributed by atoms with Crippen molar-refractivity contribution in [3.63, 3.8) is 0 Å². The molecule has 10 heteroatoms. The summed E-state index contributed by atoms with van der Waals surface area (Å²) in [5.41, 5.74) is 1.31. The Balaban J connectivity index is 1.38. The van der Waals surface area contributed by atoms with E-state index in [1.165, 1.54) is 0 Å². The van der Waals surface area contributed by atoms with Crippen LogP contribution >= 0.6 is 0 Å². The molecule has 3 N–H and O–H groups in total. The Morgan fingerprint density at radius 1 is 0.900 bits per heavy atom. The zero-order chi connectivity index (χ0) is 21.0. The Morgan fingerprint density at radius 3 is 2.50 bits per heavy atom. The number of hydrogen-bond donors (Lipinski definition) is 3. The average molecular weight is 411 g/mol. The molecule has 0 bridgehead atoms. The van der Waals surface area contributed by atoms with Gasteiger partial charge in [0.15, 0.2) is 0 Å². The molecular weight excluding hydrogens is 390 g/mol. The number of benzene rings is 1. The Kier molecular flexibility index (Phi) is 4.31. The van der Waals surface area contributed by atoms with E-state index in [1.54, 1.807) is 18.2 Å². The average Bonchev–Trinajstić information content (AvgIpc) is 2.97. The van der Waals surface area contributed by atoms with E-state index in [0.29, 0.717) is 13.1 Å². The number of piperazine rings is 1. The summed E-state index contributed by atoms with van der Waals surface area (Å²) in [6, 6.07) is 4.31. The lowest BCUT2D eigenvalue weighted by atomic mass is 9.96. The summed E-state index contributed by atoms with van der Waals surface area (Å²) in [4.78, 5) is 64.1. The maximum atomic E-state index is 13.0. The first-order valence-electron chi connectivity index (χ1n) is 10.1. The summed E-state index contributed by atoms with van der Waals surface area (Å²) in [6.07, 6.45) is 1.06. The van der Waals surface area contributed by atoms with Crippen LogP contribution in [0, 0.1) is 0 Å². The van der Waals surface area contributed by atoms with Crippen LogP contribution in [0.2, 0.25) is 0 Å². The van der Waals surface area contributed by atoms with Gasteiger partial charge in [-0.3, -0.25) is 34.2 Å². The van der Waals surface area contributed by atoms with Crippen molar-refractivity contribution in [1.29, 1.82) is 0 Å². The van der Waals surface area contributed by atoms with Crippen molar-refractivity contribution in [3.05, 3.63) is 29.3 Å². The molecule has 5 amide bonds. The number of nitrogens with zero attached hydrogens (tertiary/aromatic N) is 2. The Labute approximate surface area is 171 Å². The largest absolute Gasteiger partial charge is 0.369 e. The lowest BCUT2D eigenvalue weighted by molar-refractivity contribution is -0.136. The maximum Gasteiger partial charge on any atom is 0.262 e. The molecule has 0 aliphatic carbocycles. The molecule has 5 rings (SSSR count). The highest BCUT2D eigenvalue weighted by Gasteiger charge is 2.45. The Bertz CT molecular complexity index is 992. The molecule has 0 aromatic heterocycles. The summed E-state index contributed by atoms with van der Waals surface area (Å²) < 4.78 is 0. The Morgan fingerprint density at radius 2 is 1.70 bits per heavy atom. The number of carbonyl (C=O) groups is 5. The second-order valence-electron chi connectivity index (χ2n) is 8.07. The second-order valence-corrected chi connectivity index (χ2v) is 8.07. The fourth-order valence-corrected chi connectivity index (χ4v) is 4.71. The number of nitrogens with one attached hydrogen (secondary N) is 3. The van der Waals surface area contributed by atoms with Crippen molar-refractivity contribution in [1.82, 2.24) is 20.9 Å². The van der Waals surface area contributed by atoms with Gasteiger partial charge in [-0.2, -0.15) is 0 Å². The monoisotopic (exact) mass is 411 g/mol. The predicted octanol–water partition coefficient (Wildman–Crippen LogP) is -1.25. The van der Waals surface area contributed by atoms with Gasteiger partial charge in [-0.1, -0.05) is 0 Å². The van der Waals surface area contributed by atoms with E-state index < -0.39 is 29.7 Å². The van der Waals surface area contributed by atoms with Gasteiger partial charge in [0.05, 0.1) is 23.7 Å². The molecule has 0 saturated carbocycles. The first kappa shape index (κ1) is 18.7. The minimum atomic E-state index is -0.974. The van der Waals surface area contributed by atoms with Crippen LogP contribution in [0.5, 0.6) is 0 Å². The van der Waals surface area contributed by atoms with Crippen LogP contribution in [-0.2, 0) is 14.4 Å². The molecule has 156 valence electrons. The summed E-state index contributed by atoms with van der Waals surface area (Å²) >= 11 is 0. The molecule has 10 nitrogen and oxygen atoms in total. The number of amides is 5. The predicted molar refractivity (Wildman–Crippen MR) is 104 cm³/mol. The van der Waals surface area contributed by atoms with Gasteiger partial charge in [0, 0.05) is 31.2 Å². The molecule has 30 heavy (non-hydrogen) atoms. The first-order chi connectivity index (χ1) is 14.4. The first-order valence-corrected chi connectivity index (χ1v) is 10.1. The number of piperidine rings is 2. The third-order valence-corrected chi connectivity index (χ3v) is 6.27. The number of hydrogen-bond acceptors (Lipinski definition) is 7. The van der Waals surface area contributed by atoms with E-state index in [4.69, 9.17) is 0 Å². The molecule has 0 radical (unpaired) electrons. The fourth-order valence-electron chi connectivity index (χ4n) is 4.71. The van der Waals surface area contributed by atoms with Gasteiger partial charge in [0.1, 0.15) is 6.04 Å². The number of rotatable bonds is 2. The summed E-state index contributed by atoms with van der Waals surface area (Å²) in [6.45, 7) is 1.68. The van der Waals surface area contributed by atoms with E-state index in [0.717, 1.165) is 23.6 Å². The van der Waals surface area contributed by atoms with E-state index >= 15 is 0 Å². The SMILES string of the molecule is O=C1CCC(N2C(=O)c3ccc(N4CC[C@@H]5NCC(=O)N[C@@H]5C4)cc3C2=O)C(=O)N1. The number of fused-ring (bicyclic) bond motifs is 2. The van der Waals surface area contributed by atoms with Crippen molar-refractivity contribution in [2.24, 2.45) is 0 Å². The quantitative estimate of drug-likeness (QED) is 0.519. The van der Waals surface area contributed by atoms with Crippen molar-refractivity contribution in [3.8, 4) is 0 Å². The molecule has 1 unspecified atom stereocenters. The molecule has 4 heterocycles. The molecule has 1 aromatic carbocycles. The van der Waals surface area contributed by atoms with E-state index in [2.05, 4.69) is 20.9 Å². The standard InChI is InChI=1S/C20H21N5O5/c26-16-4-3-15(18(28)23-16)25-19(29)11-2-1-10(7-12(11)20(25)30)24-6-5-13-14(9-24)22-17(27)8-21-13/h1-2,7,13-15,21H,3-6,8-9H2,(H,22,27)(H,23,26,28)/t13-,14+,15?/m0/s1. The minimum absolute atomic E-state index is 0.0226. The minimum Gasteiger partial charge on any atom is -0.369 e. The third-order valence-electron chi connectivity index (χ3n) is 6.27. The van der Waals surface area contributed by atoms with Gasteiger partial charge in [-0.05, 0) is 31.0 Å². The molecule has 3 atom stereocenters. The van der Waals surface area contributed by atoms with Crippen molar-refractivity contribution in [2.45, 2.75) is 37.4 Å². The number of anilines is 1. The van der Waals surface area contributed by atoms with Gasteiger partial charge < -0.3 is 15.5 Å². The fraction of sp³-hybridized carbons (Fsp3) is 0.450. The lowest BCUT2D eigenvalue weighted by Crippen LogP contribution is -2.65. The summed E-state index contributed by atoms with van der Waals surface area (Å²) in [5.74, 6) is -2.09. The lowest BCUT2D eigenvalue weighted by Gasteiger charge is -2.42. The normalized spacial score (nSPS) is 28.8. The van der Waals surface area contributed by atoms with Gasteiger partial charge in [-0.25, -0.2) is 0 Å². The van der Waals surface area contributed by atoms with Gasteiger partial charge >= 0.3 is 0 Å². The molecule has 4 aliphatic heterocycles. The van der Waals surface area contributed by atoms with E-state index in [9.17, 15) is 24.0 Å². The van der Waals surface area contributed by atoms with Gasteiger partial charge in [0.2, 0.25) is 17.7 Å². The zero-order valence-electron chi connectivity index (χ0n) is 16.1. The second kappa shape index (κ2) is 6.91. The van der Waals surface area contributed by atoms with Crippen LogP contribution in [0.4, 0.5) is 5.69 Å². The highest BCUT2D eigenvalue weighted by molar-refractivity contribution is 6.23. The Hall–Kier alpha value is -3.27. The smallest absolute Gasteiger partial charge is 0.262 e. The van der Waals surface area contributed by atoms with E-state index in [1.807, 2.05) is 0 Å². The van der Waals surface area contributed by atoms with Crippen LogP contribution in [-0.4, -0.2) is 72.2 Å². The molecule has 3 saturated heterocycles. The third kappa shape index (κ3) is 2.95. The van der Waals surface area contributed by atoms with Gasteiger partial charge in [0.25, 0.3) is 11.8 Å². The molecule has 1 aromatic rings. The molecule has 4 aliphatic rings. The van der Waals surface area contributed by atoms with Crippen molar-refractivity contribution < 1.29 is 24.0 Å². The highest BCUT2D eigenvalue weighted by atomic mass is 16.2. The van der Waals surface area contributed by atoms with E-state index in [-0.39, 0.29) is 42.0 Å². The van der Waals surface area contributed by atoms with Gasteiger partial charge in [-0.15, -0.1) is 0 Å². The van der Waals surface area contributed by atoms with Crippen LogP contribution in [0.15, 0.2) is 18.2 Å². The zero-order valence-corrected chi connectivity index (χ0v) is 16.1. The molecule has 0 spiro atoms. The van der Waals surface area contributed by atoms with Crippen molar-refractivity contribution in [2.75, 3.05) is 24.5 Å². The molecule has 3 fully saturated rings. The van der Waals surface area contributed by atoms with Crippen LogP contribution in [0.25, 0.3) is 0 Å². The van der Waals surface area contributed by atoms with Crippen LogP contribution in [0.3, 0.4) is 0 Å². The van der Waals surface area contributed by atoms with Crippen LogP contribution in [0.1, 0.15) is 40.0 Å². The maximum absolute atomic E-state index is 13.0. The number of imide groups is 2. The highest BCUT2D eigenvalue weighted by Crippen LogP contribution is 2.31. The topological polar surface area (TPSA) is 128 Å². The molecular formula is C20H21N5O5. The summed E-state index contributed by atoms with van der Waals surface area (Å²) in [5, 5.41) is 8.44. The van der Waals surface area contributed by atoms with Crippen molar-refractivity contribution >= 4 is 35.2 Å². The van der Waals surface area contributed by atoms with Crippen LogP contribution < -0.4 is 20.9 Å².